The van der Waals surface area contributed by atoms with Crippen molar-refractivity contribution in [1.82, 2.24) is 0 Å². The van der Waals surface area contributed by atoms with Gasteiger partial charge in [0.25, 0.3) is 0 Å². The van der Waals surface area contributed by atoms with Gasteiger partial charge in [-0.3, -0.25) is 5.21 Å². The Hall–Kier alpha value is -0.533. The van der Waals surface area contributed by atoms with Gasteiger partial charge in [0.15, 0.2) is 5.71 Å². The Bertz CT molecular complexity index is 145. The molecule has 0 aromatic rings. The fraction of sp³-hybridized carbons (Fsp3) is 0.600. The maximum atomic E-state index is 8.81. The van der Waals surface area contributed by atoms with Crippen LogP contribution in [0.4, 0.5) is 0 Å². The molecular formula is C5H10NOSi+. The van der Waals surface area contributed by atoms with Gasteiger partial charge in [-0.2, -0.15) is 0 Å². The zero-order valence-corrected chi connectivity index (χ0v) is 6.18. The van der Waals surface area contributed by atoms with E-state index in [0.29, 0.717) is 0 Å². The SMILES string of the molecule is C#[Si][N+](O)=C(C)CC. The molecule has 0 rings (SSSR count). The van der Waals surface area contributed by atoms with E-state index in [1.54, 1.807) is 0 Å². The molecule has 0 unspecified atom stereocenters. The van der Waals surface area contributed by atoms with Gasteiger partial charge in [0, 0.05) is 13.3 Å². The molecule has 0 aromatic heterocycles. The van der Waals surface area contributed by atoms with Crippen molar-refractivity contribution in [1.29, 1.82) is 0 Å². The van der Waals surface area contributed by atoms with Crippen molar-refractivity contribution in [3.8, 4) is 6.00 Å². The van der Waals surface area contributed by atoms with Crippen LogP contribution in [0.15, 0.2) is 0 Å². The summed E-state index contributed by atoms with van der Waals surface area (Å²) in [5, 5.41) is 8.81. The quantitative estimate of drug-likeness (QED) is 0.236. The lowest BCUT2D eigenvalue weighted by Gasteiger charge is -1.83. The van der Waals surface area contributed by atoms with Crippen molar-refractivity contribution < 1.29 is 9.61 Å². The molecule has 0 amide bonds. The third-order valence-electron chi connectivity index (χ3n) is 0.996. The average molecular weight is 128 g/mol. The molecule has 0 spiro atoms. The zero-order chi connectivity index (χ0) is 6.57. The van der Waals surface area contributed by atoms with Crippen LogP contribution in [-0.4, -0.2) is 24.4 Å². The second-order valence-corrected chi connectivity index (χ2v) is 2.21. The first-order valence-electron chi connectivity index (χ1n) is 2.50. The minimum absolute atomic E-state index is 0.0295. The second-order valence-electron chi connectivity index (χ2n) is 1.53. The summed E-state index contributed by atoms with van der Waals surface area (Å²) in [7, 11) is -0.0295. The van der Waals surface area contributed by atoms with Gasteiger partial charge in [0.2, 0.25) is 0 Å². The molecule has 0 aliphatic rings. The van der Waals surface area contributed by atoms with Crippen LogP contribution < -0.4 is 0 Å². The van der Waals surface area contributed by atoms with Crippen LogP contribution in [0.3, 0.4) is 0 Å². The summed E-state index contributed by atoms with van der Waals surface area (Å²) in [6.45, 7) is 3.82. The Kier molecular flexibility index (Phi) is 3.24. The van der Waals surface area contributed by atoms with Crippen molar-refractivity contribution in [3.05, 3.63) is 0 Å². The molecule has 8 heavy (non-hydrogen) atoms. The highest BCUT2D eigenvalue weighted by Gasteiger charge is 1.99. The molecule has 0 bridgehead atoms. The lowest BCUT2D eigenvalue weighted by molar-refractivity contribution is -0.667. The molecule has 44 valence electrons. The summed E-state index contributed by atoms with van der Waals surface area (Å²) >= 11 is 0. The van der Waals surface area contributed by atoms with Gasteiger partial charge in [0.05, 0.1) is 0 Å². The van der Waals surface area contributed by atoms with Crippen molar-refractivity contribution in [2.45, 2.75) is 20.3 Å². The highest BCUT2D eigenvalue weighted by molar-refractivity contribution is 6.12. The molecule has 0 heterocycles. The van der Waals surface area contributed by atoms with E-state index >= 15 is 0 Å². The van der Waals surface area contributed by atoms with Gasteiger partial charge in [-0.25, -0.2) is 0 Å². The van der Waals surface area contributed by atoms with Gasteiger partial charge in [-0.1, -0.05) is 12.9 Å². The highest BCUT2D eigenvalue weighted by Crippen LogP contribution is 1.77. The Labute approximate surface area is 51.6 Å². The van der Waals surface area contributed by atoms with Crippen molar-refractivity contribution in [3.63, 3.8) is 0 Å². The van der Waals surface area contributed by atoms with E-state index in [2.05, 4.69) is 0 Å². The summed E-state index contributed by atoms with van der Waals surface area (Å²) in [6, 6.07) is 5.13. The number of rotatable bonds is 1. The Morgan fingerprint density at radius 3 is 2.50 bits per heavy atom. The van der Waals surface area contributed by atoms with E-state index < -0.39 is 0 Å². The summed E-state index contributed by atoms with van der Waals surface area (Å²) in [6.07, 6.45) is 0.848. The van der Waals surface area contributed by atoms with Crippen molar-refractivity contribution >= 4 is 14.8 Å². The molecule has 0 saturated heterocycles. The molecule has 0 aliphatic heterocycles. The molecule has 1 N–H and O–H groups in total. The van der Waals surface area contributed by atoms with Crippen LogP contribution >= 0.6 is 0 Å². The summed E-state index contributed by atoms with van der Waals surface area (Å²) in [5.74, 6) is 0. The monoisotopic (exact) mass is 128 g/mol. The van der Waals surface area contributed by atoms with Gasteiger partial charge >= 0.3 is 9.12 Å². The summed E-state index contributed by atoms with van der Waals surface area (Å²) < 4.78 is 1.07. The lowest BCUT2D eigenvalue weighted by Crippen LogP contribution is -2.11. The van der Waals surface area contributed by atoms with E-state index in [-0.39, 0.29) is 9.12 Å². The molecule has 0 radical (unpaired) electrons. The van der Waals surface area contributed by atoms with Crippen LogP contribution in [0, 0.1) is 6.00 Å². The van der Waals surface area contributed by atoms with E-state index in [1.165, 1.54) is 0 Å². The molecule has 3 heteroatoms. The zero-order valence-electron chi connectivity index (χ0n) is 5.18. The average Bonchev–Trinajstić information content (AvgIpc) is 1.84. The predicted molar refractivity (Wildman–Crippen MR) is 33.7 cm³/mol. The van der Waals surface area contributed by atoms with Crippen molar-refractivity contribution in [2.24, 2.45) is 0 Å². The van der Waals surface area contributed by atoms with Crippen molar-refractivity contribution in [2.75, 3.05) is 0 Å². The van der Waals surface area contributed by atoms with E-state index in [0.717, 1.165) is 16.5 Å². The molecule has 0 atom stereocenters. The van der Waals surface area contributed by atoms with E-state index in [1.807, 2.05) is 13.8 Å². The third kappa shape index (κ3) is 1.96. The smallest absolute Gasteiger partial charge is 0.296 e. The van der Waals surface area contributed by atoms with E-state index in [9.17, 15) is 0 Å². The maximum Gasteiger partial charge on any atom is 0.458 e. The molecule has 2 nitrogen and oxygen atoms in total. The molecule has 0 saturated carbocycles. The fourth-order valence-corrected chi connectivity index (χ4v) is 0.638. The number of nitrogens with zero attached hydrogens (tertiary/aromatic N) is 1. The minimum Gasteiger partial charge on any atom is -0.296 e. The fourth-order valence-electron chi connectivity index (χ4n) is 0.260. The summed E-state index contributed by atoms with van der Waals surface area (Å²) in [4.78, 5) is 0. The Balaban J connectivity index is 4.10. The second kappa shape index (κ2) is 3.47. The largest absolute Gasteiger partial charge is 0.458 e. The molecule has 0 aromatic carbocycles. The van der Waals surface area contributed by atoms with Crippen LogP contribution in [0.5, 0.6) is 0 Å². The molecule has 0 fully saturated rings. The standard InChI is InChI=1S/C5H10NOSi/c1-4-5(2)6(7)8-3/h3,7H,4H2,1-2H3/q+1. The van der Waals surface area contributed by atoms with Crippen LogP contribution in [0.2, 0.25) is 0 Å². The summed E-state index contributed by atoms with van der Waals surface area (Å²) in [5.41, 5.74) is 0.908. The Morgan fingerprint density at radius 1 is 1.88 bits per heavy atom. The normalized spacial score (nSPS) is 12.1. The Morgan fingerprint density at radius 2 is 2.38 bits per heavy atom. The predicted octanol–water partition coefficient (Wildman–Crippen LogP) is 0.467. The van der Waals surface area contributed by atoms with Gasteiger partial charge < -0.3 is 0 Å². The molecular weight excluding hydrogens is 118 g/mol. The first-order valence-corrected chi connectivity index (χ1v) is 3.52. The van der Waals surface area contributed by atoms with Gasteiger partial charge in [0.1, 0.15) is 0 Å². The van der Waals surface area contributed by atoms with Crippen LogP contribution in [0.1, 0.15) is 20.3 Å². The van der Waals surface area contributed by atoms with E-state index in [4.69, 9.17) is 11.2 Å². The first-order chi connectivity index (χ1) is 3.72. The third-order valence-corrected chi connectivity index (χ3v) is 1.62. The first kappa shape index (κ1) is 7.47. The number of hydrogen-bond acceptors (Lipinski definition) is 1. The van der Waals surface area contributed by atoms with Crippen LogP contribution in [0.25, 0.3) is 0 Å². The topological polar surface area (TPSA) is 23.2 Å². The number of hydrogen-bond donors (Lipinski definition) is 1. The maximum absolute atomic E-state index is 8.81. The lowest BCUT2D eigenvalue weighted by atomic mass is 10.3. The minimum atomic E-state index is -0.0295. The van der Waals surface area contributed by atoms with Gasteiger partial charge in [-0.05, 0) is 4.40 Å². The van der Waals surface area contributed by atoms with Crippen LogP contribution in [-0.2, 0) is 0 Å². The highest BCUT2D eigenvalue weighted by atomic mass is 28.2. The molecule has 0 aliphatic carbocycles. The van der Waals surface area contributed by atoms with Gasteiger partial charge in [-0.15, -0.1) is 0 Å².